The maximum absolute atomic E-state index is 5.03. The molecule has 0 spiro atoms. The summed E-state index contributed by atoms with van der Waals surface area (Å²) in [6.07, 6.45) is 0. The van der Waals surface area contributed by atoms with E-state index in [0.717, 1.165) is 0 Å². The van der Waals surface area contributed by atoms with Crippen molar-refractivity contribution in [1.82, 2.24) is 0 Å². The maximum Gasteiger partial charge on any atom is 0.146 e. The Hall–Kier alpha value is -0.260. The molecule has 0 aliphatic rings. The highest BCUT2D eigenvalue weighted by Gasteiger charge is 1.82. The van der Waals surface area contributed by atoms with Crippen LogP contribution < -0.4 is 4.29 Å². The molecule has 0 aliphatic heterocycles. The van der Waals surface area contributed by atoms with Crippen molar-refractivity contribution in [3.05, 3.63) is 30.3 Å². The van der Waals surface area contributed by atoms with Gasteiger partial charge in [0.15, 0.2) is 0 Å². The molecule has 0 amide bonds. The fourth-order valence-electron chi connectivity index (χ4n) is 0.472. The van der Waals surface area contributed by atoms with Gasteiger partial charge in [-0.15, -0.1) is 0 Å². The van der Waals surface area contributed by atoms with Crippen LogP contribution in [-0.2, 0) is 0 Å². The molecule has 0 saturated carbocycles. The van der Waals surface area contributed by atoms with Gasteiger partial charge in [0.25, 0.3) is 0 Å². The van der Waals surface area contributed by atoms with Crippen LogP contribution in [0.15, 0.2) is 30.3 Å². The molecule has 1 atom stereocenters. The summed E-state index contributed by atoms with van der Waals surface area (Å²) in [5.74, 6) is 0.675. The van der Waals surface area contributed by atoms with E-state index in [1.165, 1.54) is 0 Å². The van der Waals surface area contributed by atoms with E-state index in [0.29, 0.717) is 5.75 Å². The first-order valence-electron chi connectivity index (χ1n) is 2.27. The van der Waals surface area contributed by atoms with Gasteiger partial charge in [0.05, 0.1) is 0 Å². The zero-order valence-corrected chi connectivity index (χ0v) is 7.05. The molecule has 1 rings (SSSR count). The number of benzene rings is 1. The summed E-state index contributed by atoms with van der Waals surface area (Å²) in [5.41, 5.74) is 0. The van der Waals surface area contributed by atoms with Gasteiger partial charge in [0.1, 0.15) is 17.6 Å². The molecule has 0 aliphatic carbocycles. The number of hydrogen-bond acceptors (Lipinski definition) is 1. The van der Waals surface area contributed by atoms with E-state index < -0.39 is 0 Å². The van der Waals surface area contributed by atoms with E-state index >= 15 is 0 Å². The number of hydrogen-bond donors (Lipinski definition) is 0. The van der Waals surface area contributed by atoms with Crippen molar-refractivity contribution in [3.63, 3.8) is 0 Å². The van der Waals surface area contributed by atoms with Crippen molar-refractivity contribution in [2.75, 3.05) is 0 Å². The second-order valence-electron chi connectivity index (χ2n) is 1.39. The quantitative estimate of drug-likeness (QED) is 0.576. The molecule has 0 N–H and O–H groups in total. The lowest BCUT2D eigenvalue weighted by Crippen LogP contribution is -1.69. The largest absolute Gasteiger partial charge is 0.386 e. The Labute approximate surface area is 62.8 Å². The van der Waals surface area contributed by atoms with Gasteiger partial charge in [-0.2, -0.15) is 9.90 Å². The van der Waals surface area contributed by atoms with Crippen LogP contribution in [0.4, 0.5) is 0 Å². The molecule has 9 heavy (non-hydrogen) atoms. The van der Waals surface area contributed by atoms with E-state index in [1.807, 2.05) is 18.2 Å². The van der Waals surface area contributed by atoms with Crippen molar-refractivity contribution < 1.29 is 4.29 Å². The third-order valence-electron chi connectivity index (χ3n) is 0.832. The lowest BCUT2D eigenvalue weighted by atomic mass is 10.3. The summed E-state index contributed by atoms with van der Waals surface area (Å²) in [4.78, 5) is 0. The summed E-state index contributed by atoms with van der Waals surface area (Å²) in [6.45, 7) is 0. The third kappa shape index (κ3) is 2.69. The fourth-order valence-corrected chi connectivity index (χ4v) is 0.575. The summed E-state index contributed by atoms with van der Waals surface area (Å²) in [7, 11) is 0. The summed E-state index contributed by atoms with van der Waals surface area (Å²) in [6, 6.07) is 9.19. The van der Waals surface area contributed by atoms with Crippen LogP contribution in [0.2, 0.25) is 0 Å². The molecule has 0 aromatic heterocycles. The van der Waals surface area contributed by atoms with Gasteiger partial charge in [0.2, 0.25) is 0 Å². The highest BCUT2D eigenvalue weighted by molar-refractivity contribution is 6.92. The normalized spacial score (nSPS) is 7.67. The second-order valence-corrected chi connectivity index (χ2v) is 1.54. The Balaban J connectivity index is 0.000000640. The molecule has 1 aromatic rings. The van der Waals surface area contributed by atoms with Crippen LogP contribution in [0, 0.1) is 0 Å². The smallest absolute Gasteiger partial charge is 0.146 e. The molecule has 1 nitrogen and oxygen atoms in total. The summed E-state index contributed by atoms with van der Waals surface area (Å²) < 4.78 is 4.39. The first-order valence-corrected chi connectivity index (χ1v) is 2.58. The molecular formula is C6H8ClOP. The molecule has 0 fully saturated rings. The first-order chi connectivity index (χ1) is 3.93. The van der Waals surface area contributed by atoms with E-state index in [-0.39, 0.29) is 9.90 Å². The predicted octanol–water partition coefficient (Wildman–Crippen LogP) is 2.28. The zero-order valence-electron chi connectivity index (χ0n) is 4.88. The minimum Gasteiger partial charge on any atom is -0.386 e. The topological polar surface area (TPSA) is 9.23 Å². The SMILES string of the molecule is ClOc1ccccc1.P. The zero-order chi connectivity index (χ0) is 5.82. The fraction of sp³-hybridized carbons (Fsp3) is 0. The van der Waals surface area contributed by atoms with Gasteiger partial charge >= 0.3 is 0 Å². The summed E-state index contributed by atoms with van der Waals surface area (Å²) in [5, 5.41) is 0. The van der Waals surface area contributed by atoms with Crippen molar-refractivity contribution >= 4 is 21.8 Å². The highest BCUT2D eigenvalue weighted by Crippen LogP contribution is 2.08. The Morgan fingerprint density at radius 2 is 1.67 bits per heavy atom. The van der Waals surface area contributed by atoms with Crippen molar-refractivity contribution in [2.24, 2.45) is 0 Å². The second kappa shape index (κ2) is 4.60. The van der Waals surface area contributed by atoms with Crippen LogP contribution in [0.1, 0.15) is 0 Å². The van der Waals surface area contributed by atoms with E-state index in [2.05, 4.69) is 4.29 Å². The van der Waals surface area contributed by atoms with Gasteiger partial charge in [-0.05, 0) is 12.1 Å². The Morgan fingerprint density at radius 1 is 1.11 bits per heavy atom. The van der Waals surface area contributed by atoms with Crippen LogP contribution in [-0.4, -0.2) is 0 Å². The lowest BCUT2D eigenvalue weighted by molar-refractivity contribution is 0.619. The Bertz CT molecular complexity index is 154. The molecule has 1 aromatic carbocycles. The van der Waals surface area contributed by atoms with Gasteiger partial charge in [0, 0.05) is 0 Å². The monoisotopic (exact) mass is 162 g/mol. The molecule has 50 valence electrons. The molecule has 0 radical (unpaired) electrons. The van der Waals surface area contributed by atoms with Crippen LogP contribution in [0.3, 0.4) is 0 Å². The van der Waals surface area contributed by atoms with Crippen molar-refractivity contribution in [2.45, 2.75) is 0 Å². The van der Waals surface area contributed by atoms with Gasteiger partial charge in [-0.25, -0.2) is 0 Å². The van der Waals surface area contributed by atoms with E-state index in [4.69, 9.17) is 11.9 Å². The predicted molar refractivity (Wildman–Crippen MR) is 44.0 cm³/mol. The van der Waals surface area contributed by atoms with Crippen LogP contribution >= 0.6 is 21.8 Å². The minimum atomic E-state index is 0. The Morgan fingerprint density at radius 3 is 2.00 bits per heavy atom. The van der Waals surface area contributed by atoms with Crippen LogP contribution in [0.25, 0.3) is 0 Å². The average molecular weight is 163 g/mol. The van der Waals surface area contributed by atoms with Gasteiger partial charge < -0.3 is 4.29 Å². The Kier molecular flexibility index (Phi) is 4.47. The highest BCUT2D eigenvalue weighted by atomic mass is 35.5. The first kappa shape index (κ1) is 8.74. The van der Waals surface area contributed by atoms with Gasteiger partial charge in [-0.1, -0.05) is 18.2 Å². The van der Waals surface area contributed by atoms with E-state index in [1.54, 1.807) is 12.1 Å². The molecule has 0 bridgehead atoms. The van der Waals surface area contributed by atoms with E-state index in [9.17, 15) is 0 Å². The number of halogens is 1. The van der Waals surface area contributed by atoms with Crippen molar-refractivity contribution in [3.8, 4) is 5.75 Å². The number of rotatable bonds is 1. The molecule has 0 heterocycles. The van der Waals surface area contributed by atoms with Crippen molar-refractivity contribution in [1.29, 1.82) is 0 Å². The summed E-state index contributed by atoms with van der Waals surface area (Å²) >= 11 is 5.03. The average Bonchev–Trinajstić information content (AvgIpc) is 1.90. The minimum absolute atomic E-state index is 0. The standard InChI is InChI=1S/C6H5ClO.H3P/c7-8-6-4-2-1-3-5-6;/h1-5H;1H3. The molecule has 1 unspecified atom stereocenters. The molecule has 3 heteroatoms. The maximum atomic E-state index is 5.03. The molecular weight excluding hydrogens is 154 g/mol. The van der Waals surface area contributed by atoms with Crippen LogP contribution in [0.5, 0.6) is 5.75 Å². The number of para-hydroxylation sites is 1. The molecule has 0 saturated heterocycles. The third-order valence-corrected chi connectivity index (χ3v) is 1.01. The lowest BCUT2D eigenvalue weighted by Gasteiger charge is -1.89. The van der Waals surface area contributed by atoms with Gasteiger partial charge in [-0.3, -0.25) is 0 Å².